The number of nitrogens with one attached hydrogen (secondary N) is 1. The summed E-state index contributed by atoms with van der Waals surface area (Å²) in [5.41, 5.74) is -0.633. The van der Waals surface area contributed by atoms with Crippen LogP contribution in [0.15, 0.2) is 12.1 Å². The van der Waals surface area contributed by atoms with E-state index in [9.17, 15) is 22.8 Å². The number of aromatic nitrogens is 2. The van der Waals surface area contributed by atoms with Crippen molar-refractivity contribution in [3.63, 3.8) is 0 Å². The van der Waals surface area contributed by atoms with Crippen molar-refractivity contribution >= 4 is 29.3 Å². The minimum atomic E-state index is -4.65. The number of aldehydes is 1. The molecular formula is C23H28ClF3N4O2. The third kappa shape index (κ3) is 5.35. The van der Waals surface area contributed by atoms with E-state index in [4.69, 9.17) is 11.6 Å². The largest absolute Gasteiger partial charge is 0.433 e. The number of hydrogen-bond donors (Lipinski definition) is 1. The first-order valence-corrected chi connectivity index (χ1v) is 11.9. The van der Waals surface area contributed by atoms with Crippen LogP contribution in [0.1, 0.15) is 73.1 Å². The van der Waals surface area contributed by atoms with Crippen molar-refractivity contribution in [1.82, 2.24) is 19.8 Å². The molecule has 2 aliphatic rings. The van der Waals surface area contributed by atoms with Crippen LogP contribution in [0.4, 0.5) is 13.2 Å². The number of unbranched alkanes of at least 4 members (excludes halogenated alkanes) is 1. The molecule has 2 aromatic heterocycles. The van der Waals surface area contributed by atoms with E-state index in [2.05, 4.69) is 17.3 Å². The molecule has 0 radical (unpaired) electrons. The zero-order valence-electron chi connectivity index (χ0n) is 18.5. The highest BCUT2D eigenvalue weighted by Gasteiger charge is 2.38. The molecule has 2 fully saturated rings. The lowest BCUT2D eigenvalue weighted by molar-refractivity contribution is -0.142. The number of carbonyl (C=O) groups excluding carboxylic acids is 2. The third-order valence-corrected chi connectivity index (χ3v) is 6.83. The van der Waals surface area contributed by atoms with E-state index in [1.165, 1.54) is 17.7 Å². The van der Waals surface area contributed by atoms with Gasteiger partial charge in [0.15, 0.2) is 5.69 Å². The number of amides is 1. The zero-order chi connectivity index (χ0) is 23.8. The van der Waals surface area contributed by atoms with Crippen LogP contribution in [0, 0.1) is 5.92 Å². The summed E-state index contributed by atoms with van der Waals surface area (Å²) in [6.45, 7) is 2.69. The van der Waals surface area contributed by atoms with E-state index in [0.717, 1.165) is 31.7 Å². The molecule has 2 aromatic rings. The molecule has 0 aliphatic heterocycles. The molecule has 0 bridgehead atoms. The second-order valence-electron chi connectivity index (χ2n) is 9.02. The van der Waals surface area contributed by atoms with E-state index < -0.39 is 17.8 Å². The summed E-state index contributed by atoms with van der Waals surface area (Å²) in [6.07, 6.45) is 2.21. The molecule has 2 atom stereocenters. The van der Waals surface area contributed by atoms with Crippen LogP contribution in [-0.4, -0.2) is 52.4 Å². The number of pyridine rings is 1. The van der Waals surface area contributed by atoms with Gasteiger partial charge in [-0.1, -0.05) is 31.4 Å². The molecule has 2 aliphatic carbocycles. The lowest BCUT2D eigenvalue weighted by Crippen LogP contribution is -2.39. The van der Waals surface area contributed by atoms with Gasteiger partial charge in [0.1, 0.15) is 12.0 Å². The number of rotatable bonds is 11. The first kappa shape index (κ1) is 24.0. The van der Waals surface area contributed by atoms with Crippen LogP contribution in [0.5, 0.6) is 0 Å². The summed E-state index contributed by atoms with van der Waals surface area (Å²) in [5, 5.41) is 7.21. The van der Waals surface area contributed by atoms with Crippen molar-refractivity contribution < 1.29 is 22.8 Å². The number of fused-ring (bicyclic) bond motifs is 1. The van der Waals surface area contributed by atoms with Gasteiger partial charge in [0, 0.05) is 19.1 Å². The molecule has 1 N–H and O–H groups in total. The van der Waals surface area contributed by atoms with Gasteiger partial charge in [-0.05, 0) is 55.2 Å². The topological polar surface area (TPSA) is 66.7 Å². The standard InChI is InChI=1S/C23H28ClF3N4O2/c1-2-3-4-15-11-17(15)28-7-8-30(9-10-32)22(33)21-20(24)18-12-16(14-5-6-14)13-19(23(25,26)27)31(18)29-21/h10,12-15,17,28H,2-9,11H2,1H3. The van der Waals surface area contributed by atoms with Crippen molar-refractivity contribution in [2.45, 2.75) is 63.6 Å². The molecule has 10 heteroatoms. The highest BCUT2D eigenvalue weighted by atomic mass is 35.5. The Morgan fingerprint density at radius 1 is 1.36 bits per heavy atom. The lowest BCUT2D eigenvalue weighted by atomic mass is 10.1. The van der Waals surface area contributed by atoms with E-state index in [1.807, 2.05) is 0 Å². The SMILES string of the molecule is CCCCC1CC1NCCN(CC=O)C(=O)c1nn2c(C(F)(F)F)cc(C3CC3)cc2c1Cl. The average Bonchev–Trinajstić information content (AvgIpc) is 3.69. The fourth-order valence-electron chi connectivity index (χ4n) is 4.31. The monoisotopic (exact) mass is 484 g/mol. The Balaban J connectivity index is 1.53. The summed E-state index contributed by atoms with van der Waals surface area (Å²) in [7, 11) is 0. The Morgan fingerprint density at radius 2 is 2.12 bits per heavy atom. The van der Waals surface area contributed by atoms with Gasteiger partial charge in [-0.3, -0.25) is 4.79 Å². The van der Waals surface area contributed by atoms with Crippen LogP contribution in [0.2, 0.25) is 5.02 Å². The van der Waals surface area contributed by atoms with Gasteiger partial charge in [0.2, 0.25) is 0 Å². The fraction of sp³-hybridized carbons (Fsp3) is 0.609. The van der Waals surface area contributed by atoms with Crippen LogP contribution in [0.3, 0.4) is 0 Å². The number of hydrogen-bond acceptors (Lipinski definition) is 4. The second-order valence-corrected chi connectivity index (χ2v) is 9.40. The highest BCUT2D eigenvalue weighted by molar-refractivity contribution is 6.36. The number of halogens is 4. The van der Waals surface area contributed by atoms with Crippen LogP contribution in [-0.2, 0) is 11.0 Å². The van der Waals surface area contributed by atoms with Gasteiger partial charge in [0.25, 0.3) is 5.91 Å². The average molecular weight is 485 g/mol. The van der Waals surface area contributed by atoms with Crippen molar-refractivity contribution in [2.24, 2.45) is 5.92 Å². The van der Waals surface area contributed by atoms with Crippen LogP contribution in [0.25, 0.3) is 5.52 Å². The Hall–Kier alpha value is -2.13. The molecule has 2 unspecified atom stereocenters. The predicted molar refractivity (Wildman–Crippen MR) is 119 cm³/mol. The third-order valence-electron chi connectivity index (χ3n) is 6.46. The molecule has 0 saturated heterocycles. The van der Waals surface area contributed by atoms with Crippen molar-refractivity contribution in [3.05, 3.63) is 34.1 Å². The molecule has 4 rings (SSSR count). The first-order valence-electron chi connectivity index (χ1n) is 11.5. The molecule has 2 heterocycles. The summed E-state index contributed by atoms with van der Waals surface area (Å²) in [4.78, 5) is 25.6. The minimum absolute atomic E-state index is 0.0534. The minimum Gasteiger partial charge on any atom is -0.329 e. The normalized spacial score (nSPS) is 20.3. The Bertz CT molecular complexity index is 1030. The van der Waals surface area contributed by atoms with Gasteiger partial charge >= 0.3 is 6.18 Å². The van der Waals surface area contributed by atoms with E-state index in [-0.39, 0.29) is 35.2 Å². The number of nitrogens with zero attached hydrogens (tertiary/aromatic N) is 3. The zero-order valence-corrected chi connectivity index (χ0v) is 19.3. The highest BCUT2D eigenvalue weighted by Crippen LogP contribution is 2.43. The maximum absolute atomic E-state index is 13.7. The first-order chi connectivity index (χ1) is 15.7. The molecule has 0 aromatic carbocycles. The Morgan fingerprint density at radius 3 is 2.76 bits per heavy atom. The van der Waals surface area contributed by atoms with Gasteiger partial charge < -0.3 is 15.0 Å². The number of alkyl halides is 3. The van der Waals surface area contributed by atoms with Gasteiger partial charge in [-0.15, -0.1) is 0 Å². The Kier molecular flexibility index (Phi) is 7.00. The Labute approximate surface area is 195 Å². The summed E-state index contributed by atoms with van der Waals surface area (Å²) in [5.74, 6) is 0.0639. The van der Waals surface area contributed by atoms with Gasteiger partial charge in [-0.2, -0.15) is 18.3 Å². The van der Waals surface area contributed by atoms with E-state index in [0.29, 0.717) is 34.9 Å². The van der Waals surface area contributed by atoms with E-state index >= 15 is 0 Å². The maximum atomic E-state index is 13.7. The quantitative estimate of drug-likeness (QED) is 0.470. The van der Waals surface area contributed by atoms with Crippen molar-refractivity contribution in [1.29, 1.82) is 0 Å². The second kappa shape index (κ2) is 9.62. The van der Waals surface area contributed by atoms with Gasteiger partial charge in [-0.25, -0.2) is 4.52 Å². The molecule has 1 amide bonds. The van der Waals surface area contributed by atoms with Gasteiger partial charge in [0.05, 0.1) is 17.1 Å². The molecule has 33 heavy (non-hydrogen) atoms. The molecule has 0 spiro atoms. The lowest BCUT2D eigenvalue weighted by Gasteiger charge is -2.19. The van der Waals surface area contributed by atoms with Crippen LogP contribution < -0.4 is 5.32 Å². The van der Waals surface area contributed by atoms with Crippen molar-refractivity contribution in [3.8, 4) is 0 Å². The molecule has 2 saturated carbocycles. The molecule has 180 valence electrons. The van der Waals surface area contributed by atoms with E-state index in [1.54, 1.807) is 6.07 Å². The summed E-state index contributed by atoms with van der Waals surface area (Å²) >= 11 is 6.38. The summed E-state index contributed by atoms with van der Waals surface area (Å²) < 4.78 is 41.8. The smallest absolute Gasteiger partial charge is 0.329 e. The predicted octanol–water partition coefficient (Wildman–Crippen LogP) is 4.69. The number of carbonyl (C=O) groups is 2. The molecule has 6 nitrogen and oxygen atoms in total. The maximum Gasteiger partial charge on any atom is 0.433 e. The fourth-order valence-corrected chi connectivity index (χ4v) is 4.57. The summed E-state index contributed by atoms with van der Waals surface area (Å²) in [6, 6.07) is 3.08. The molecular weight excluding hydrogens is 457 g/mol. The van der Waals surface area contributed by atoms with Crippen molar-refractivity contribution in [2.75, 3.05) is 19.6 Å². The van der Waals surface area contributed by atoms with Crippen LogP contribution >= 0.6 is 11.6 Å².